The van der Waals surface area contributed by atoms with E-state index in [4.69, 9.17) is 0 Å². The third-order valence-electron chi connectivity index (χ3n) is 7.65. The van der Waals surface area contributed by atoms with E-state index in [1.807, 2.05) is 0 Å². The van der Waals surface area contributed by atoms with Crippen LogP contribution in [0.5, 0.6) is 0 Å². The molecule has 4 aliphatic carbocycles. The molecule has 106 valence electrons. The molecule has 0 aromatic heterocycles. The van der Waals surface area contributed by atoms with E-state index < -0.39 is 0 Å². The highest BCUT2D eigenvalue weighted by Crippen LogP contribution is 2.75. The zero-order valence-corrected chi connectivity index (χ0v) is 12.5. The van der Waals surface area contributed by atoms with Crippen LogP contribution in [0.3, 0.4) is 0 Å². The van der Waals surface area contributed by atoms with Gasteiger partial charge in [0.2, 0.25) is 0 Å². The largest absolute Gasteiger partial charge is 0.0613 e. The first-order valence-corrected chi connectivity index (χ1v) is 8.89. The van der Waals surface area contributed by atoms with Crippen molar-refractivity contribution in [3.05, 3.63) is 47.5 Å². The average Bonchev–Trinajstić information content (AvgIpc) is 3.07. The fourth-order valence-electron chi connectivity index (χ4n) is 7.27. The van der Waals surface area contributed by atoms with Crippen molar-refractivity contribution in [2.24, 2.45) is 17.3 Å². The highest BCUT2D eigenvalue weighted by Gasteiger charge is 2.64. The van der Waals surface area contributed by atoms with E-state index in [9.17, 15) is 0 Å². The Morgan fingerprint density at radius 3 is 2.52 bits per heavy atom. The topological polar surface area (TPSA) is 0 Å². The number of hydrogen-bond donors (Lipinski definition) is 0. The molecule has 0 amide bonds. The van der Waals surface area contributed by atoms with Gasteiger partial charge >= 0.3 is 0 Å². The van der Waals surface area contributed by atoms with Gasteiger partial charge in [-0.15, -0.1) is 0 Å². The lowest BCUT2D eigenvalue weighted by molar-refractivity contribution is 0.0618. The Morgan fingerprint density at radius 1 is 0.857 bits per heavy atom. The van der Waals surface area contributed by atoms with Gasteiger partial charge in [-0.25, -0.2) is 0 Å². The molecule has 2 aromatic carbocycles. The second-order valence-electron chi connectivity index (χ2n) is 8.18. The van der Waals surface area contributed by atoms with E-state index in [1.54, 1.807) is 22.9 Å². The van der Waals surface area contributed by atoms with Crippen molar-refractivity contribution in [3.63, 3.8) is 0 Å². The lowest BCUT2D eigenvalue weighted by Crippen LogP contribution is -2.43. The monoisotopic (exact) mass is 274 g/mol. The SMILES string of the molecule is c1cc2c3c(cccc3c1)C1CC3CC4CCCC2C41C3. The van der Waals surface area contributed by atoms with Crippen molar-refractivity contribution >= 4 is 10.8 Å². The second-order valence-corrected chi connectivity index (χ2v) is 8.18. The minimum absolute atomic E-state index is 0.658. The van der Waals surface area contributed by atoms with Crippen LogP contribution in [0.25, 0.3) is 10.8 Å². The molecule has 2 bridgehead atoms. The molecule has 0 N–H and O–H groups in total. The summed E-state index contributed by atoms with van der Waals surface area (Å²) in [6.07, 6.45) is 9.01. The summed E-state index contributed by atoms with van der Waals surface area (Å²) in [6, 6.07) is 14.2. The summed E-state index contributed by atoms with van der Waals surface area (Å²) in [5.41, 5.74) is 4.09. The zero-order valence-electron chi connectivity index (χ0n) is 12.5. The summed E-state index contributed by atoms with van der Waals surface area (Å²) < 4.78 is 0. The minimum Gasteiger partial charge on any atom is -0.0613 e. The number of hydrogen-bond acceptors (Lipinski definition) is 0. The summed E-state index contributed by atoms with van der Waals surface area (Å²) in [5, 5.41) is 3.14. The van der Waals surface area contributed by atoms with E-state index in [-0.39, 0.29) is 0 Å². The number of fused-ring (bicyclic) bond motifs is 3. The van der Waals surface area contributed by atoms with Crippen molar-refractivity contribution in [2.75, 3.05) is 0 Å². The average molecular weight is 274 g/mol. The minimum atomic E-state index is 0.658. The third kappa shape index (κ3) is 1.14. The van der Waals surface area contributed by atoms with Crippen molar-refractivity contribution in [3.8, 4) is 0 Å². The van der Waals surface area contributed by atoms with Gasteiger partial charge in [-0.1, -0.05) is 42.8 Å². The van der Waals surface area contributed by atoms with Crippen LogP contribution in [0.2, 0.25) is 0 Å². The molecule has 0 heterocycles. The highest BCUT2D eigenvalue weighted by molar-refractivity contribution is 5.91. The predicted octanol–water partition coefficient (Wildman–Crippen LogP) is 5.62. The molecule has 4 aliphatic rings. The van der Waals surface area contributed by atoms with Gasteiger partial charge in [0.15, 0.2) is 0 Å². The molecular weight excluding hydrogens is 252 g/mol. The van der Waals surface area contributed by atoms with Crippen LogP contribution < -0.4 is 0 Å². The number of benzene rings is 2. The zero-order chi connectivity index (χ0) is 13.6. The molecule has 0 nitrogen and oxygen atoms in total. The van der Waals surface area contributed by atoms with Crippen LogP contribution in [0.1, 0.15) is 61.5 Å². The van der Waals surface area contributed by atoms with Gasteiger partial charge in [0.1, 0.15) is 0 Å². The summed E-state index contributed by atoms with van der Waals surface area (Å²) >= 11 is 0. The summed E-state index contributed by atoms with van der Waals surface area (Å²) in [7, 11) is 0. The molecule has 0 aliphatic heterocycles. The normalized spacial score (nSPS) is 42.3. The standard InChI is InChI=1S/C21H22/c1-4-14-5-2-8-17-19-11-13-10-15-6-3-9-18(21(15,19)12-13)16(7-1)20(14)17/h1-2,4-5,7-8,13,15,18-19H,3,6,9-12H2. The molecule has 0 heteroatoms. The fraction of sp³-hybridized carbons (Fsp3) is 0.524. The van der Waals surface area contributed by atoms with Gasteiger partial charge in [0.05, 0.1) is 0 Å². The van der Waals surface area contributed by atoms with Gasteiger partial charge < -0.3 is 0 Å². The van der Waals surface area contributed by atoms with Gasteiger partial charge in [-0.05, 0) is 83.1 Å². The lowest BCUT2D eigenvalue weighted by Gasteiger charge is -2.54. The maximum atomic E-state index is 2.47. The Morgan fingerprint density at radius 2 is 1.67 bits per heavy atom. The van der Waals surface area contributed by atoms with E-state index >= 15 is 0 Å². The summed E-state index contributed by atoms with van der Waals surface area (Å²) in [5.74, 6) is 3.81. The smallest absolute Gasteiger partial charge is 0.00878 e. The molecule has 0 saturated heterocycles. The molecule has 5 unspecified atom stereocenters. The number of rotatable bonds is 0. The van der Waals surface area contributed by atoms with Crippen molar-refractivity contribution in [1.82, 2.24) is 0 Å². The Hall–Kier alpha value is -1.30. The second kappa shape index (κ2) is 3.54. The molecule has 1 spiro atoms. The Bertz CT molecular complexity index is 752. The Kier molecular flexibility index (Phi) is 1.90. The molecule has 0 radical (unpaired) electrons. The molecule has 2 aromatic rings. The van der Waals surface area contributed by atoms with Gasteiger partial charge in [-0.3, -0.25) is 0 Å². The van der Waals surface area contributed by atoms with Crippen molar-refractivity contribution < 1.29 is 0 Å². The van der Waals surface area contributed by atoms with Crippen LogP contribution in [0.15, 0.2) is 36.4 Å². The summed E-state index contributed by atoms with van der Waals surface area (Å²) in [6.45, 7) is 0. The quantitative estimate of drug-likeness (QED) is 0.585. The Labute approximate surface area is 126 Å². The molecular formula is C21H22. The van der Waals surface area contributed by atoms with Gasteiger partial charge in [0, 0.05) is 0 Å². The maximum Gasteiger partial charge on any atom is -0.00878 e. The first-order valence-electron chi connectivity index (χ1n) is 8.89. The van der Waals surface area contributed by atoms with E-state index in [2.05, 4.69) is 36.4 Å². The van der Waals surface area contributed by atoms with Crippen LogP contribution >= 0.6 is 0 Å². The Balaban J connectivity index is 1.74. The maximum absolute atomic E-state index is 2.47. The molecule has 21 heavy (non-hydrogen) atoms. The summed E-state index contributed by atoms with van der Waals surface area (Å²) in [4.78, 5) is 0. The molecule has 3 fully saturated rings. The van der Waals surface area contributed by atoms with Gasteiger partial charge in [-0.2, -0.15) is 0 Å². The van der Waals surface area contributed by atoms with Crippen LogP contribution in [0, 0.1) is 17.3 Å². The molecule has 6 rings (SSSR count). The van der Waals surface area contributed by atoms with Crippen LogP contribution in [-0.4, -0.2) is 0 Å². The van der Waals surface area contributed by atoms with Crippen LogP contribution in [0.4, 0.5) is 0 Å². The fourth-order valence-corrected chi connectivity index (χ4v) is 7.27. The highest BCUT2D eigenvalue weighted by atomic mass is 14.7. The van der Waals surface area contributed by atoms with Crippen molar-refractivity contribution in [1.29, 1.82) is 0 Å². The van der Waals surface area contributed by atoms with E-state index in [1.165, 1.54) is 37.5 Å². The van der Waals surface area contributed by atoms with Gasteiger partial charge in [0.25, 0.3) is 0 Å². The first kappa shape index (κ1) is 11.3. The van der Waals surface area contributed by atoms with E-state index in [0.29, 0.717) is 5.41 Å². The van der Waals surface area contributed by atoms with Crippen molar-refractivity contribution in [2.45, 2.75) is 50.4 Å². The van der Waals surface area contributed by atoms with E-state index in [0.717, 1.165) is 23.7 Å². The predicted molar refractivity (Wildman–Crippen MR) is 86.5 cm³/mol. The molecule has 3 saturated carbocycles. The third-order valence-corrected chi connectivity index (χ3v) is 7.65. The molecule has 5 atom stereocenters. The lowest BCUT2D eigenvalue weighted by atomic mass is 9.50. The first-order chi connectivity index (χ1) is 10.4. The van der Waals surface area contributed by atoms with Crippen LogP contribution in [-0.2, 0) is 0 Å².